The third kappa shape index (κ3) is 4.11. The normalized spacial score (nSPS) is 15.0. The fourth-order valence-electron chi connectivity index (χ4n) is 3.81. The van der Waals surface area contributed by atoms with Crippen LogP contribution in [0.4, 0.5) is 0 Å². The number of fused-ring (bicyclic) bond motifs is 1. The number of likely N-dealkylation sites (N-methyl/N-ethyl adjacent to an activating group) is 1. The molecule has 0 atom stereocenters. The topological polar surface area (TPSA) is 84.3 Å². The van der Waals surface area contributed by atoms with E-state index in [0.717, 1.165) is 25.7 Å². The summed E-state index contributed by atoms with van der Waals surface area (Å²) in [4.78, 5) is 45.2. The summed E-state index contributed by atoms with van der Waals surface area (Å²) in [5.74, 6) is -0.242. The van der Waals surface area contributed by atoms with Gasteiger partial charge < -0.3 is 10.2 Å². The van der Waals surface area contributed by atoms with Crippen molar-refractivity contribution in [3.05, 3.63) is 27.1 Å². The van der Waals surface area contributed by atoms with Crippen molar-refractivity contribution in [1.82, 2.24) is 19.8 Å². The molecule has 1 saturated carbocycles. The number of carbonyl (C=O) groups is 2. The van der Waals surface area contributed by atoms with Gasteiger partial charge in [-0.3, -0.25) is 19.0 Å². The van der Waals surface area contributed by atoms with E-state index in [0.29, 0.717) is 33.7 Å². The van der Waals surface area contributed by atoms with Gasteiger partial charge in [-0.2, -0.15) is 0 Å². The summed E-state index contributed by atoms with van der Waals surface area (Å²) in [6.45, 7) is 6.76. The third-order valence-electron chi connectivity index (χ3n) is 5.49. The third-order valence-corrected chi connectivity index (χ3v) is 6.68. The first-order valence-corrected chi connectivity index (χ1v) is 10.8. The van der Waals surface area contributed by atoms with Gasteiger partial charge in [0.25, 0.3) is 11.5 Å². The maximum absolute atomic E-state index is 12.9. The molecule has 0 spiro atoms. The molecule has 0 unspecified atom stereocenters. The molecule has 1 N–H and O–H groups in total. The highest BCUT2D eigenvalue weighted by atomic mass is 32.1. The zero-order valence-electron chi connectivity index (χ0n) is 16.8. The maximum Gasteiger partial charge on any atom is 0.262 e. The fraction of sp³-hybridized carbons (Fsp3) is 0.600. The summed E-state index contributed by atoms with van der Waals surface area (Å²) in [5, 5.41) is 3.55. The number of amides is 2. The highest BCUT2D eigenvalue weighted by molar-refractivity contribution is 7.20. The monoisotopic (exact) mass is 404 g/mol. The number of carbonyl (C=O) groups excluding carboxylic acids is 2. The smallest absolute Gasteiger partial charge is 0.262 e. The standard InChI is InChI=1S/C20H28N4O3S/c1-4-23(5-2)15(25)11-24-12-21-19-16(20(24)27)13(3)17(28-19)18(26)22-14-9-7-6-8-10-14/h12,14H,4-11H2,1-3H3,(H,22,26). The summed E-state index contributed by atoms with van der Waals surface area (Å²) < 4.78 is 1.34. The molecular formula is C20H28N4O3S. The molecule has 0 saturated heterocycles. The van der Waals surface area contributed by atoms with Crippen molar-refractivity contribution >= 4 is 33.4 Å². The predicted molar refractivity (Wildman–Crippen MR) is 111 cm³/mol. The average Bonchev–Trinajstić information content (AvgIpc) is 3.03. The number of rotatable bonds is 6. The first-order chi connectivity index (χ1) is 13.5. The van der Waals surface area contributed by atoms with Crippen molar-refractivity contribution in [3.8, 4) is 0 Å². The van der Waals surface area contributed by atoms with Gasteiger partial charge in [-0.1, -0.05) is 19.3 Å². The number of aryl methyl sites for hydroxylation is 1. The Labute approximate surface area is 168 Å². The maximum atomic E-state index is 12.9. The van der Waals surface area contributed by atoms with Crippen LogP contribution in [0.25, 0.3) is 10.2 Å². The fourth-order valence-corrected chi connectivity index (χ4v) is 4.85. The van der Waals surface area contributed by atoms with E-state index in [1.807, 2.05) is 13.8 Å². The Morgan fingerprint density at radius 2 is 1.93 bits per heavy atom. The number of aromatic nitrogens is 2. The van der Waals surface area contributed by atoms with E-state index in [2.05, 4.69) is 10.3 Å². The van der Waals surface area contributed by atoms with Crippen LogP contribution in [0.2, 0.25) is 0 Å². The van der Waals surface area contributed by atoms with Gasteiger partial charge in [0, 0.05) is 19.1 Å². The summed E-state index contributed by atoms with van der Waals surface area (Å²) in [7, 11) is 0. The largest absolute Gasteiger partial charge is 0.349 e. The van der Waals surface area contributed by atoms with Gasteiger partial charge >= 0.3 is 0 Å². The van der Waals surface area contributed by atoms with Crippen LogP contribution in [-0.2, 0) is 11.3 Å². The molecule has 2 aromatic heterocycles. The molecule has 8 heteroatoms. The minimum atomic E-state index is -0.268. The predicted octanol–water partition coefficient (Wildman–Crippen LogP) is 2.70. The Hall–Kier alpha value is -2.22. The van der Waals surface area contributed by atoms with E-state index in [1.165, 1.54) is 28.7 Å². The van der Waals surface area contributed by atoms with Gasteiger partial charge in [0.05, 0.1) is 16.6 Å². The lowest BCUT2D eigenvalue weighted by molar-refractivity contribution is -0.131. The minimum Gasteiger partial charge on any atom is -0.349 e. The molecule has 2 aromatic rings. The molecule has 7 nitrogen and oxygen atoms in total. The molecule has 1 aliphatic carbocycles. The van der Waals surface area contributed by atoms with Crippen LogP contribution in [0, 0.1) is 6.92 Å². The number of thiophene rings is 1. The Kier molecular flexibility index (Phi) is 6.49. The van der Waals surface area contributed by atoms with Crippen LogP contribution in [0.5, 0.6) is 0 Å². The van der Waals surface area contributed by atoms with E-state index < -0.39 is 0 Å². The molecule has 0 bridgehead atoms. The molecule has 3 rings (SSSR count). The Morgan fingerprint density at radius 1 is 1.25 bits per heavy atom. The van der Waals surface area contributed by atoms with Crippen LogP contribution >= 0.6 is 11.3 Å². The van der Waals surface area contributed by atoms with Crippen molar-refractivity contribution in [3.63, 3.8) is 0 Å². The number of hydrogen-bond acceptors (Lipinski definition) is 5. The molecule has 152 valence electrons. The van der Waals surface area contributed by atoms with Gasteiger partial charge in [0.1, 0.15) is 11.4 Å². The molecule has 0 radical (unpaired) electrons. The van der Waals surface area contributed by atoms with Crippen LogP contribution < -0.4 is 10.9 Å². The van der Waals surface area contributed by atoms with Gasteiger partial charge in [0.15, 0.2) is 0 Å². The quantitative estimate of drug-likeness (QED) is 0.802. The number of nitrogens with zero attached hydrogens (tertiary/aromatic N) is 3. The van der Waals surface area contributed by atoms with E-state index in [-0.39, 0.29) is 30.0 Å². The van der Waals surface area contributed by atoms with Gasteiger partial charge in [-0.05, 0) is 39.2 Å². The van der Waals surface area contributed by atoms with Crippen molar-refractivity contribution in [2.24, 2.45) is 0 Å². The molecule has 2 amide bonds. The molecule has 28 heavy (non-hydrogen) atoms. The lowest BCUT2D eigenvalue weighted by Crippen LogP contribution is -2.36. The van der Waals surface area contributed by atoms with Gasteiger partial charge in [0.2, 0.25) is 5.91 Å². The van der Waals surface area contributed by atoms with E-state index in [4.69, 9.17) is 0 Å². The van der Waals surface area contributed by atoms with Crippen LogP contribution in [0.15, 0.2) is 11.1 Å². The molecule has 1 aliphatic rings. The van der Waals surface area contributed by atoms with Crippen LogP contribution in [0.1, 0.15) is 61.2 Å². The zero-order chi connectivity index (χ0) is 20.3. The minimum absolute atomic E-state index is 0.0393. The SMILES string of the molecule is CCN(CC)C(=O)Cn1cnc2sc(C(=O)NC3CCCCC3)c(C)c2c1=O. The van der Waals surface area contributed by atoms with Crippen molar-refractivity contribution < 1.29 is 9.59 Å². The second-order valence-corrected chi connectivity index (χ2v) is 8.29. The van der Waals surface area contributed by atoms with Gasteiger partial charge in [-0.25, -0.2) is 4.98 Å². The lowest BCUT2D eigenvalue weighted by atomic mass is 9.95. The second kappa shape index (κ2) is 8.86. The lowest BCUT2D eigenvalue weighted by Gasteiger charge is -2.22. The average molecular weight is 405 g/mol. The summed E-state index contributed by atoms with van der Waals surface area (Å²) in [6, 6.07) is 0.210. The Morgan fingerprint density at radius 3 is 2.57 bits per heavy atom. The van der Waals surface area contributed by atoms with Gasteiger partial charge in [-0.15, -0.1) is 11.3 Å². The summed E-state index contributed by atoms with van der Waals surface area (Å²) in [5.41, 5.74) is 0.381. The molecule has 0 aromatic carbocycles. The highest BCUT2D eigenvalue weighted by Crippen LogP contribution is 2.27. The summed E-state index contributed by atoms with van der Waals surface area (Å²) >= 11 is 1.25. The molecule has 0 aliphatic heterocycles. The van der Waals surface area contributed by atoms with Crippen LogP contribution in [-0.4, -0.2) is 45.4 Å². The van der Waals surface area contributed by atoms with E-state index in [1.54, 1.807) is 11.8 Å². The second-order valence-electron chi connectivity index (χ2n) is 7.29. The van der Waals surface area contributed by atoms with E-state index >= 15 is 0 Å². The molecule has 1 fully saturated rings. The first kappa shape index (κ1) is 20.5. The Balaban J connectivity index is 1.87. The molecular weight excluding hydrogens is 376 g/mol. The Bertz CT molecular complexity index is 923. The first-order valence-electron chi connectivity index (χ1n) is 10.0. The highest BCUT2D eigenvalue weighted by Gasteiger charge is 2.23. The summed E-state index contributed by atoms with van der Waals surface area (Å²) in [6.07, 6.45) is 6.93. The van der Waals surface area contributed by atoms with Crippen molar-refractivity contribution in [1.29, 1.82) is 0 Å². The van der Waals surface area contributed by atoms with Crippen LogP contribution in [0.3, 0.4) is 0 Å². The van der Waals surface area contributed by atoms with E-state index in [9.17, 15) is 14.4 Å². The zero-order valence-corrected chi connectivity index (χ0v) is 17.6. The van der Waals surface area contributed by atoms with Crippen molar-refractivity contribution in [2.45, 2.75) is 65.5 Å². The number of nitrogens with one attached hydrogen (secondary N) is 1. The van der Waals surface area contributed by atoms with Crippen molar-refractivity contribution in [2.75, 3.05) is 13.1 Å². The number of hydrogen-bond donors (Lipinski definition) is 1. The molecule has 2 heterocycles.